The van der Waals surface area contributed by atoms with Gasteiger partial charge >= 0.3 is 0 Å². The minimum Gasteiger partial charge on any atom is -0.322 e. The number of rotatable bonds is 8. The standard InChI is InChI=1S/C26H27NO2/c1-3-19-27(21(2)28)26(23-15-9-5-10-16-23,24-17-11-6-12-18-24)25(29)20-22-13-7-4-8-14-22/h4-18H,3,19-20H2,1-2H3. The molecule has 0 radical (unpaired) electrons. The molecular weight excluding hydrogens is 358 g/mol. The molecule has 0 saturated carbocycles. The Balaban J connectivity index is 2.27. The summed E-state index contributed by atoms with van der Waals surface area (Å²) in [5, 5.41) is 0. The molecule has 0 aliphatic rings. The average molecular weight is 386 g/mol. The molecule has 0 saturated heterocycles. The van der Waals surface area contributed by atoms with Gasteiger partial charge in [0.15, 0.2) is 11.3 Å². The second kappa shape index (κ2) is 9.33. The maximum atomic E-state index is 14.1. The van der Waals surface area contributed by atoms with Gasteiger partial charge in [-0.2, -0.15) is 0 Å². The molecule has 0 atom stereocenters. The second-order valence-corrected chi connectivity index (χ2v) is 7.20. The number of carbonyl (C=O) groups excluding carboxylic acids is 2. The monoisotopic (exact) mass is 385 g/mol. The lowest BCUT2D eigenvalue weighted by atomic mass is 9.75. The molecule has 0 aromatic heterocycles. The van der Waals surface area contributed by atoms with Crippen molar-refractivity contribution in [2.75, 3.05) is 6.54 Å². The lowest BCUT2D eigenvalue weighted by Crippen LogP contribution is -2.55. The summed E-state index contributed by atoms with van der Waals surface area (Å²) in [5.74, 6) is -0.120. The zero-order valence-electron chi connectivity index (χ0n) is 17.0. The maximum absolute atomic E-state index is 14.1. The van der Waals surface area contributed by atoms with Crippen molar-refractivity contribution in [3.63, 3.8) is 0 Å². The summed E-state index contributed by atoms with van der Waals surface area (Å²) in [4.78, 5) is 28.7. The Hall–Kier alpha value is -3.20. The molecule has 3 rings (SSSR count). The molecule has 0 bridgehead atoms. The molecule has 0 fully saturated rings. The summed E-state index contributed by atoms with van der Waals surface area (Å²) in [5.41, 5.74) is 1.40. The number of Topliss-reactive ketones (excluding diaryl/α,β-unsaturated/α-hetero) is 1. The Morgan fingerprint density at radius 1 is 0.759 bits per heavy atom. The van der Waals surface area contributed by atoms with Crippen LogP contribution in [0.4, 0.5) is 0 Å². The first-order valence-electron chi connectivity index (χ1n) is 10.1. The Labute approximate surface area is 173 Å². The van der Waals surface area contributed by atoms with Gasteiger partial charge in [-0.1, -0.05) is 97.9 Å². The molecule has 0 heterocycles. The van der Waals surface area contributed by atoms with Crippen LogP contribution in [0.1, 0.15) is 37.0 Å². The molecule has 3 aromatic carbocycles. The number of ketones is 1. The number of nitrogens with zero attached hydrogens (tertiary/aromatic N) is 1. The van der Waals surface area contributed by atoms with Crippen LogP contribution < -0.4 is 0 Å². The third-order valence-corrected chi connectivity index (χ3v) is 5.23. The normalized spacial score (nSPS) is 11.1. The van der Waals surface area contributed by atoms with Crippen molar-refractivity contribution in [2.45, 2.75) is 32.2 Å². The summed E-state index contributed by atoms with van der Waals surface area (Å²) in [6, 6.07) is 29.1. The minimum absolute atomic E-state index is 0.00949. The van der Waals surface area contributed by atoms with Crippen molar-refractivity contribution >= 4 is 11.7 Å². The van der Waals surface area contributed by atoms with Gasteiger partial charge < -0.3 is 4.90 Å². The molecule has 0 unspecified atom stereocenters. The fourth-order valence-corrected chi connectivity index (χ4v) is 4.00. The lowest BCUT2D eigenvalue weighted by molar-refractivity contribution is -0.143. The van der Waals surface area contributed by atoms with E-state index in [0.29, 0.717) is 6.54 Å². The first-order chi connectivity index (χ1) is 14.1. The van der Waals surface area contributed by atoms with Crippen LogP contribution >= 0.6 is 0 Å². The SMILES string of the molecule is CCCN(C(C)=O)C(C(=O)Cc1ccccc1)(c1ccccc1)c1ccccc1. The van der Waals surface area contributed by atoms with Crippen LogP contribution in [-0.2, 0) is 21.5 Å². The fraction of sp³-hybridized carbons (Fsp3) is 0.231. The first-order valence-corrected chi connectivity index (χ1v) is 10.1. The highest BCUT2D eigenvalue weighted by molar-refractivity contribution is 5.98. The van der Waals surface area contributed by atoms with E-state index in [2.05, 4.69) is 0 Å². The molecule has 1 amide bonds. The van der Waals surface area contributed by atoms with Gasteiger partial charge in [-0.3, -0.25) is 9.59 Å². The van der Waals surface area contributed by atoms with Crippen LogP contribution in [0.25, 0.3) is 0 Å². The predicted molar refractivity (Wildman–Crippen MR) is 116 cm³/mol. The molecule has 3 aromatic rings. The van der Waals surface area contributed by atoms with Crippen molar-refractivity contribution in [1.82, 2.24) is 4.90 Å². The lowest BCUT2D eigenvalue weighted by Gasteiger charge is -2.43. The highest BCUT2D eigenvalue weighted by Gasteiger charge is 2.47. The van der Waals surface area contributed by atoms with Crippen LogP contribution in [0.3, 0.4) is 0 Å². The van der Waals surface area contributed by atoms with Crippen LogP contribution in [0.5, 0.6) is 0 Å². The van der Waals surface area contributed by atoms with E-state index in [1.807, 2.05) is 97.9 Å². The van der Waals surface area contributed by atoms with Crippen molar-refractivity contribution in [3.05, 3.63) is 108 Å². The Kier molecular flexibility index (Phi) is 6.61. The van der Waals surface area contributed by atoms with E-state index in [1.165, 1.54) is 0 Å². The van der Waals surface area contributed by atoms with Crippen LogP contribution in [0.2, 0.25) is 0 Å². The van der Waals surface area contributed by atoms with E-state index in [-0.39, 0.29) is 18.1 Å². The fourth-order valence-electron chi connectivity index (χ4n) is 4.00. The molecule has 0 spiro atoms. The molecular formula is C26H27NO2. The van der Waals surface area contributed by atoms with Gasteiger partial charge in [-0.25, -0.2) is 0 Å². The number of hydrogen-bond acceptors (Lipinski definition) is 2. The van der Waals surface area contributed by atoms with E-state index in [4.69, 9.17) is 0 Å². The Morgan fingerprint density at radius 2 is 1.21 bits per heavy atom. The number of amides is 1. The average Bonchev–Trinajstić information content (AvgIpc) is 2.76. The van der Waals surface area contributed by atoms with Gasteiger partial charge in [0, 0.05) is 19.9 Å². The summed E-state index contributed by atoms with van der Waals surface area (Å²) < 4.78 is 0. The first kappa shape index (κ1) is 20.5. The molecule has 0 N–H and O–H groups in total. The zero-order valence-corrected chi connectivity index (χ0v) is 17.0. The van der Waals surface area contributed by atoms with Gasteiger partial charge in [-0.15, -0.1) is 0 Å². The Bertz CT molecular complexity index is 897. The molecule has 3 heteroatoms. The molecule has 0 aliphatic carbocycles. The Morgan fingerprint density at radius 3 is 1.62 bits per heavy atom. The quantitative estimate of drug-likeness (QED) is 0.547. The summed E-state index contributed by atoms with van der Waals surface area (Å²) in [6.45, 7) is 4.07. The summed E-state index contributed by atoms with van der Waals surface area (Å²) in [6.07, 6.45) is 1.01. The van der Waals surface area contributed by atoms with Crippen molar-refractivity contribution < 1.29 is 9.59 Å². The van der Waals surface area contributed by atoms with Crippen molar-refractivity contribution in [3.8, 4) is 0 Å². The van der Waals surface area contributed by atoms with Crippen LogP contribution in [-0.4, -0.2) is 23.1 Å². The minimum atomic E-state index is -1.17. The third kappa shape index (κ3) is 4.14. The topological polar surface area (TPSA) is 37.4 Å². The van der Waals surface area contributed by atoms with E-state index in [1.54, 1.807) is 11.8 Å². The maximum Gasteiger partial charge on any atom is 0.220 e. The predicted octanol–water partition coefficient (Wildman–Crippen LogP) is 5.00. The summed E-state index contributed by atoms with van der Waals surface area (Å²) in [7, 11) is 0. The summed E-state index contributed by atoms with van der Waals surface area (Å²) >= 11 is 0. The van der Waals surface area contributed by atoms with Gasteiger partial charge in [0.2, 0.25) is 5.91 Å². The highest BCUT2D eigenvalue weighted by atomic mass is 16.2. The number of benzene rings is 3. The van der Waals surface area contributed by atoms with Crippen molar-refractivity contribution in [2.24, 2.45) is 0 Å². The molecule has 3 nitrogen and oxygen atoms in total. The van der Waals surface area contributed by atoms with Crippen LogP contribution in [0, 0.1) is 0 Å². The highest BCUT2D eigenvalue weighted by Crippen LogP contribution is 2.38. The zero-order chi connectivity index (χ0) is 20.7. The van der Waals surface area contributed by atoms with E-state index in [9.17, 15) is 9.59 Å². The van der Waals surface area contributed by atoms with Gasteiger partial charge in [-0.05, 0) is 23.1 Å². The number of carbonyl (C=O) groups is 2. The van der Waals surface area contributed by atoms with E-state index in [0.717, 1.165) is 23.1 Å². The molecule has 148 valence electrons. The van der Waals surface area contributed by atoms with Gasteiger partial charge in [0.1, 0.15) is 0 Å². The second-order valence-electron chi connectivity index (χ2n) is 7.20. The number of hydrogen-bond donors (Lipinski definition) is 0. The third-order valence-electron chi connectivity index (χ3n) is 5.23. The molecule has 29 heavy (non-hydrogen) atoms. The van der Waals surface area contributed by atoms with Crippen LogP contribution in [0.15, 0.2) is 91.0 Å². The smallest absolute Gasteiger partial charge is 0.220 e. The molecule has 0 aliphatic heterocycles. The van der Waals surface area contributed by atoms with E-state index >= 15 is 0 Å². The van der Waals surface area contributed by atoms with Crippen molar-refractivity contribution in [1.29, 1.82) is 0 Å². The van der Waals surface area contributed by atoms with Gasteiger partial charge in [0.25, 0.3) is 0 Å². The largest absolute Gasteiger partial charge is 0.322 e. The van der Waals surface area contributed by atoms with E-state index < -0.39 is 5.54 Å². The van der Waals surface area contributed by atoms with Gasteiger partial charge in [0.05, 0.1) is 0 Å².